The predicted octanol–water partition coefficient (Wildman–Crippen LogP) is 4.21. The van der Waals surface area contributed by atoms with Crippen LogP contribution in [0.3, 0.4) is 0 Å². The Morgan fingerprint density at radius 1 is 0.938 bits per heavy atom. The molecule has 0 bridgehead atoms. The highest BCUT2D eigenvalue weighted by Gasteiger charge is 2.34. The molecule has 0 spiro atoms. The molecule has 3 unspecified atom stereocenters. The number of hydrogen-bond acceptors (Lipinski definition) is 1. The van der Waals surface area contributed by atoms with Gasteiger partial charge < -0.3 is 0 Å². The van der Waals surface area contributed by atoms with Gasteiger partial charge in [-0.15, -0.1) is 0 Å². The SMILES string of the molecule is CC1CCC(C(=O)C2CCCCC2)C(C)C1. The van der Waals surface area contributed by atoms with E-state index < -0.39 is 0 Å². The molecule has 0 radical (unpaired) electrons. The van der Waals surface area contributed by atoms with Crippen LogP contribution in [0.4, 0.5) is 0 Å². The fourth-order valence-electron chi connectivity index (χ4n) is 3.78. The molecule has 0 aliphatic heterocycles. The van der Waals surface area contributed by atoms with Gasteiger partial charge in [-0.25, -0.2) is 0 Å². The molecule has 0 amide bonds. The van der Waals surface area contributed by atoms with Crippen molar-refractivity contribution in [2.24, 2.45) is 23.7 Å². The molecule has 0 aromatic rings. The van der Waals surface area contributed by atoms with Crippen LogP contribution in [0.1, 0.15) is 65.2 Å². The number of hydrogen-bond donors (Lipinski definition) is 0. The highest BCUT2D eigenvalue weighted by atomic mass is 16.1. The van der Waals surface area contributed by atoms with Crippen LogP contribution in [0.25, 0.3) is 0 Å². The fraction of sp³-hybridized carbons (Fsp3) is 0.933. The van der Waals surface area contributed by atoms with E-state index in [1.54, 1.807) is 0 Å². The van der Waals surface area contributed by atoms with E-state index in [0.717, 1.165) is 12.3 Å². The average molecular weight is 222 g/mol. The standard InChI is InChI=1S/C15H26O/c1-11-8-9-14(12(2)10-11)15(16)13-6-4-3-5-7-13/h11-14H,3-10H2,1-2H3. The second kappa shape index (κ2) is 5.33. The zero-order valence-corrected chi connectivity index (χ0v) is 10.9. The minimum absolute atomic E-state index is 0.402. The van der Waals surface area contributed by atoms with Crippen LogP contribution in [0.15, 0.2) is 0 Å². The first-order valence-corrected chi connectivity index (χ1v) is 7.22. The van der Waals surface area contributed by atoms with E-state index in [2.05, 4.69) is 13.8 Å². The Labute approximate surface area is 100.0 Å². The van der Waals surface area contributed by atoms with Crippen LogP contribution in [0.5, 0.6) is 0 Å². The highest BCUT2D eigenvalue weighted by Crippen LogP contribution is 2.37. The number of carbonyl (C=O) groups is 1. The van der Waals surface area contributed by atoms with Crippen LogP contribution in [-0.2, 0) is 4.79 Å². The molecular weight excluding hydrogens is 196 g/mol. The van der Waals surface area contributed by atoms with E-state index in [1.165, 1.54) is 44.9 Å². The summed E-state index contributed by atoms with van der Waals surface area (Å²) in [6.45, 7) is 4.62. The smallest absolute Gasteiger partial charge is 0.139 e. The second-order valence-electron chi connectivity index (χ2n) is 6.24. The molecule has 2 rings (SSSR count). The molecule has 0 saturated heterocycles. The molecule has 2 fully saturated rings. The Morgan fingerprint density at radius 3 is 2.25 bits per heavy atom. The zero-order chi connectivity index (χ0) is 11.5. The van der Waals surface area contributed by atoms with Gasteiger partial charge in [-0.05, 0) is 37.5 Å². The van der Waals surface area contributed by atoms with E-state index >= 15 is 0 Å². The van der Waals surface area contributed by atoms with Gasteiger partial charge in [0, 0.05) is 11.8 Å². The van der Waals surface area contributed by atoms with Crippen molar-refractivity contribution >= 4 is 5.78 Å². The fourth-order valence-corrected chi connectivity index (χ4v) is 3.78. The molecular formula is C15H26O. The third kappa shape index (κ3) is 2.67. The molecule has 2 saturated carbocycles. The first-order valence-electron chi connectivity index (χ1n) is 7.22. The first-order chi connectivity index (χ1) is 7.68. The van der Waals surface area contributed by atoms with Crippen molar-refractivity contribution in [3.05, 3.63) is 0 Å². The van der Waals surface area contributed by atoms with Gasteiger partial charge in [-0.3, -0.25) is 4.79 Å². The van der Waals surface area contributed by atoms with E-state index in [1.807, 2.05) is 0 Å². The van der Waals surface area contributed by atoms with Gasteiger partial charge in [0.1, 0.15) is 5.78 Å². The Hall–Kier alpha value is -0.330. The number of Topliss-reactive ketones (excluding diaryl/α,β-unsaturated/α-hetero) is 1. The Kier molecular flexibility index (Phi) is 4.05. The zero-order valence-electron chi connectivity index (χ0n) is 10.9. The topological polar surface area (TPSA) is 17.1 Å². The number of rotatable bonds is 2. The summed E-state index contributed by atoms with van der Waals surface area (Å²) in [5.74, 6) is 2.93. The van der Waals surface area contributed by atoms with Gasteiger partial charge in [0.05, 0.1) is 0 Å². The molecule has 16 heavy (non-hydrogen) atoms. The minimum Gasteiger partial charge on any atom is -0.299 e. The van der Waals surface area contributed by atoms with E-state index in [4.69, 9.17) is 0 Å². The molecule has 2 aliphatic carbocycles. The molecule has 1 heteroatoms. The summed E-state index contributed by atoms with van der Waals surface area (Å²) in [4.78, 5) is 12.5. The van der Waals surface area contributed by atoms with Crippen LogP contribution < -0.4 is 0 Å². The van der Waals surface area contributed by atoms with E-state index in [9.17, 15) is 4.79 Å². The largest absolute Gasteiger partial charge is 0.299 e. The van der Waals surface area contributed by atoms with Gasteiger partial charge in [0.2, 0.25) is 0 Å². The third-order valence-electron chi connectivity index (χ3n) is 4.80. The number of ketones is 1. The van der Waals surface area contributed by atoms with Crippen LogP contribution in [-0.4, -0.2) is 5.78 Å². The summed E-state index contributed by atoms with van der Waals surface area (Å²) in [6, 6.07) is 0. The van der Waals surface area contributed by atoms with Gasteiger partial charge >= 0.3 is 0 Å². The molecule has 0 N–H and O–H groups in total. The monoisotopic (exact) mass is 222 g/mol. The van der Waals surface area contributed by atoms with Gasteiger partial charge in [-0.2, -0.15) is 0 Å². The molecule has 3 atom stereocenters. The van der Waals surface area contributed by atoms with Crippen LogP contribution >= 0.6 is 0 Å². The lowest BCUT2D eigenvalue weighted by atomic mass is 9.69. The Bertz CT molecular complexity index is 240. The quantitative estimate of drug-likeness (QED) is 0.684. The summed E-state index contributed by atoms with van der Waals surface area (Å²) < 4.78 is 0. The lowest BCUT2D eigenvalue weighted by Gasteiger charge is -2.34. The Morgan fingerprint density at radius 2 is 1.62 bits per heavy atom. The second-order valence-corrected chi connectivity index (χ2v) is 6.24. The van der Waals surface area contributed by atoms with Crippen LogP contribution in [0.2, 0.25) is 0 Å². The summed E-state index contributed by atoms with van der Waals surface area (Å²) in [7, 11) is 0. The summed E-state index contributed by atoms with van der Waals surface area (Å²) in [5, 5.41) is 0. The molecule has 92 valence electrons. The normalized spacial score (nSPS) is 37.2. The first kappa shape index (κ1) is 12.1. The van der Waals surface area contributed by atoms with Gasteiger partial charge in [0.15, 0.2) is 0 Å². The minimum atomic E-state index is 0.402. The van der Waals surface area contributed by atoms with Crippen molar-refractivity contribution in [3.8, 4) is 0 Å². The van der Waals surface area contributed by atoms with Crippen molar-refractivity contribution in [3.63, 3.8) is 0 Å². The maximum Gasteiger partial charge on any atom is 0.139 e. The molecule has 0 aromatic heterocycles. The van der Waals surface area contributed by atoms with E-state index in [0.29, 0.717) is 23.5 Å². The van der Waals surface area contributed by atoms with Crippen LogP contribution in [0, 0.1) is 23.7 Å². The maximum absolute atomic E-state index is 12.5. The van der Waals surface area contributed by atoms with Crippen molar-refractivity contribution in [1.82, 2.24) is 0 Å². The van der Waals surface area contributed by atoms with Crippen molar-refractivity contribution in [2.45, 2.75) is 65.2 Å². The Balaban J connectivity index is 1.92. The summed E-state index contributed by atoms with van der Waals surface area (Å²) in [5.41, 5.74) is 0. The van der Waals surface area contributed by atoms with E-state index in [-0.39, 0.29) is 0 Å². The van der Waals surface area contributed by atoms with Gasteiger partial charge in [-0.1, -0.05) is 39.5 Å². The molecule has 0 aromatic carbocycles. The molecule has 2 aliphatic rings. The van der Waals surface area contributed by atoms with Crippen molar-refractivity contribution in [2.75, 3.05) is 0 Å². The number of carbonyl (C=O) groups excluding carboxylic acids is 1. The lowest BCUT2D eigenvalue weighted by Crippen LogP contribution is -2.33. The van der Waals surface area contributed by atoms with Gasteiger partial charge in [0.25, 0.3) is 0 Å². The van der Waals surface area contributed by atoms with Crippen molar-refractivity contribution in [1.29, 1.82) is 0 Å². The molecule has 1 nitrogen and oxygen atoms in total. The highest BCUT2D eigenvalue weighted by molar-refractivity contribution is 5.83. The summed E-state index contributed by atoms with van der Waals surface area (Å²) in [6.07, 6.45) is 9.98. The maximum atomic E-state index is 12.5. The summed E-state index contributed by atoms with van der Waals surface area (Å²) >= 11 is 0. The molecule has 0 heterocycles. The lowest BCUT2D eigenvalue weighted by molar-refractivity contribution is -0.130. The average Bonchev–Trinajstić information content (AvgIpc) is 2.29. The third-order valence-corrected chi connectivity index (χ3v) is 4.80. The predicted molar refractivity (Wildman–Crippen MR) is 67.3 cm³/mol. The van der Waals surface area contributed by atoms with Crippen molar-refractivity contribution < 1.29 is 4.79 Å².